The van der Waals surface area contributed by atoms with Gasteiger partial charge in [-0.2, -0.15) is 0 Å². The van der Waals surface area contributed by atoms with Crippen molar-refractivity contribution in [3.63, 3.8) is 0 Å². The van der Waals surface area contributed by atoms with Crippen LogP contribution in [0.5, 0.6) is 5.75 Å². The molecular weight excluding hydrogens is 315 g/mol. The molecule has 0 aliphatic heterocycles. The van der Waals surface area contributed by atoms with Crippen LogP contribution in [-0.4, -0.2) is 16.3 Å². The van der Waals surface area contributed by atoms with Crippen molar-refractivity contribution in [2.75, 3.05) is 0 Å². The van der Waals surface area contributed by atoms with Gasteiger partial charge in [-0.3, -0.25) is 9.98 Å². The molecule has 0 atom stereocenters. The first kappa shape index (κ1) is 15.2. The fourth-order valence-electron chi connectivity index (χ4n) is 2.09. The van der Waals surface area contributed by atoms with E-state index < -0.39 is 5.82 Å². The van der Waals surface area contributed by atoms with Crippen molar-refractivity contribution in [1.82, 2.24) is 4.98 Å². The molecule has 3 rings (SSSR count). The average Bonchev–Trinajstić information content (AvgIpc) is 2.58. The van der Waals surface area contributed by atoms with Crippen LogP contribution < -0.4 is 0 Å². The fraction of sp³-hybridized carbons (Fsp3) is 0. The molecule has 1 aromatic heterocycles. The van der Waals surface area contributed by atoms with Crippen molar-refractivity contribution in [3.05, 3.63) is 77.2 Å². The van der Waals surface area contributed by atoms with Crippen LogP contribution in [0.2, 0.25) is 5.02 Å². The van der Waals surface area contributed by atoms with Crippen LogP contribution in [0.15, 0.2) is 65.8 Å². The number of rotatable bonds is 3. The van der Waals surface area contributed by atoms with Crippen LogP contribution in [0.3, 0.4) is 0 Å². The van der Waals surface area contributed by atoms with Gasteiger partial charge in [-0.15, -0.1) is 0 Å². The van der Waals surface area contributed by atoms with Gasteiger partial charge in [0.2, 0.25) is 0 Å². The summed E-state index contributed by atoms with van der Waals surface area (Å²) in [6.07, 6.45) is 3.09. The van der Waals surface area contributed by atoms with Gasteiger partial charge >= 0.3 is 0 Å². The lowest BCUT2D eigenvalue weighted by atomic mass is 10.1. The molecule has 0 bridgehead atoms. The summed E-state index contributed by atoms with van der Waals surface area (Å²) < 4.78 is 13.1. The van der Waals surface area contributed by atoms with E-state index in [0.717, 1.165) is 5.56 Å². The van der Waals surface area contributed by atoms with E-state index in [2.05, 4.69) is 9.98 Å². The lowest BCUT2D eigenvalue weighted by Gasteiger charge is -2.06. The molecule has 3 nitrogen and oxygen atoms in total. The summed E-state index contributed by atoms with van der Waals surface area (Å²) >= 11 is 5.72. The highest BCUT2D eigenvalue weighted by Gasteiger charge is 2.09. The zero-order chi connectivity index (χ0) is 16.2. The third-order valence-electron chi connectivity index (χ3n) is 3.26. The van der Waals surface area contributed by atoms with Gasteiger partial charge in [0, 0.05) is 23.5 Å². The van der Waals surface area contributed by atoms with E-state index >= 15 is 0 Å². The molecule has 0 unspecified atom stereocenters. The Morgan fingerprint density at radius 1 is 1.09 bits per heavy atom. The molecule has 0 aliphatic carbocycles. The lowest BCUT2D eigenvalue weighted by Crippen LogP contribution is -1.90. The highest BCUT2D eigenvalue weighted by molar-refractivity contribution is 6.31. The number of aromatic hydroxyl groups is 1. The first-order chi connectivity index (χ1) is 11.1. The first-order valence-corrected chi connectivity index (χ1v) is 7.25. The van der Waals surface area contributed by atoms with E-state index in [4.69, 9.17) is 11.6 Å². The second-order valence-electron chi connectivity index (χ2n) is 4.82. The van der Waals surface area contributed by atoms with E-state index in [-0.39, 0.29) is 10.8 Å². The zero-order valence-corrected chi connectivity index (χ0v) is 12.7. The molecule has 1 heterocycles. The van der Waals surface area contributed by atoms with Gasteiger partial charge in [0.05, 0.1) is 10.7 Å². The summed E-state index contributed by atoms with van der Waals surface area (Å²) in [4.78, 5) is 8.42. The van der Waals surface area contributed by atoms with Gasteiger partial charge in [-0.05, 0) is 24.3 Å². The maximum Gasteiger partial charge on any atom is 0.150 e. The number of aliphatic imine (C=N–C) groups is 1. The second kappa shape index (κ2) is 6.58. The van der Waals surface area contributed by atoms with Crippen molar-refractivity contribution in [2.24, 2.45) is 4.99 Å². The minimum absolute atomic E-state index is 0.00331. The maximum absolute atomic E-state index is 13.1. The topological polar surface area (TPSA) is 45.5 Å². The van der Waals surface area contributed by atoms with Gasteiger partial charge in [0.1, 0.15) is 11.5 Å². The highest BCUT2D eigenvalue weighted by atomic mass is 35.5. The average molecular weight is 327 g/mol. The minimum Gasteiger partial charge on any atom is -0.505 e. The van der Waals surface area contributed by atoms with Crippen molar-refractivity contribution in [3.8, 4) is 17.0 Å². The summed E-state index contributed by atoms with van der Waals surface area (Å²) in [5.41, 5.74) is 2.30. The number of hydrogen-bond donors (Lipinski definition) is 1. The van der Waals surface area contributed by atoms with Gasteiger partial charge in [-0.1, -0.05) is 41.9 Å². The summed E-state index contributed by atoms with van der Waals surface area (Å²) in [6.45, 7) is 0. The molecule has 0 aliphatic rings. The number of aromatic nitrogens is 1. The van der Waals surface area contributed by atoms with Crippen LogP contribution >= 0.6 is 11.6 Å². The molecule has 0 amide bonds. The molecule has 0 saturated heterocycles. The highest BCUT2D eigenvalue weighted by Crippen LogP contribution is 2.29. The Balaban J connectivity index is 1.95. The molecular formula is C18H12ClFN2O. The molecule has 1 N–H and O–H groups in total. The van der Waals surface area contributed by atoms with Crippen molar-refractivity contribution >= 4 is 23.5 Å². The van der Waals surface area contributed by atoms with E-state index in [1.165, 1.54) is 24.4 Å². The van der Waals surface area contributed by atoms with Crippen molar-refractivity contribution in [1.29, 1.82) is 0 Å². The number of halogens is 2. The Labute approximate surface area is 137 Å². The third-order valence-corrected chi connectivity index (χ3v) is 3.55. The predicted octanol–water partition coefficient (Wildman–Crippen LogP) is 5.00. The van der Waals surface area contributed by atoms with Crippen molar-refractivity contribution < 1.29 is 9.50 Å². The minimum atomic E-state index is -0.497. The molecule has 23 heavy (non-hydrogen) atoms. The summed E-state index contributed by atoms with van der Waals surface area (Å²) in [5, 5.41) is 10.4. The molecule has 3 aromatic rings. The molecule has 0 fully saturated rings. The monoisotopic (exact) mass is 326 g/mol. The Hall–Kier alpha value is -2.72. The van der Waals surface area contributed by atoms with Crippen LogP contribution in [0.1, 0.15) is 5.56 Å². The summed E-state index contributed by atoms with van der Waals surface area (Å²) in [5.74, 6) is -0.459. The van der Waals surface area contributed by atoms with Crippen molar-refractivity contribution in [2.45, 2.75) is 0 Å². The van der Waals surface area contributed by atoms with Gasteiger partial charge < -0.3 is 5.11 Å². The molecule has 0 spiro atoms. The van der Waals surface area contributed by atoms with E-state index in [1.807, 2.05) is 30.3 Å². The van der Waals surface area contributed by atoms with Crippen LogP contribution in [0.25, 0.3) is 11.3 Å². The Kier molecular flexibility index (Phi) is 4.35. The summed E-state index contributed by atoms with van der Waals surface area (Å²) in [6, 6.07) is 15.2. The van der Waals surface area contributed by atoms with Gasteiger partial charge in [0.25, 0.3) is 0 Å². The molecule has 114 valence electrons. The predicted molar refractivity (Wildman–Crippen MR) is 90.0 cm³/mol. The Morgan fingerprint density at radius 2 is 1.87 bits per heavy atom. The summed E-state index contributed by atoms with van der Waals surface area (Å²) in [7, 11) is 0. The third kappa shape index (κ3) is 3.38. The van der Waals surface area contributed by atoms with Crippen LogP contribution in [0.4, 0.5) is 10.1 Å². The number of pyridine rings is 1. The normalized spacial score (nSPS) is 11.0. The molecule has 5 heteroatoms. The number of hydrogen-bond acceptors (Lipinski definition) is 3. The molecule has 2 aromatic carbocycles. The number of nitrogens with zero attached hydrogens (tertiary/aromatic N) is 2. The first-order valence-electron chi connectivity index (χ1n) is 6.87. The standard InChI is InChI=1S/C18H12ClFN2O/c19-15-10-14(6-7-16(15)20)22-11-13-8-9-21-17(18(13)23)12-4-2-1-3-5-12/h1-11,23H/b22-11+. The van der Waals surface area contributed by atoms with Gasteiger partial charge in [0.15, 0.2) is 5.75 Å². The number of benzene rings is 2. The van der Waals surface area contributed by atoms with E-state index in [9.17, 15) is 9.50 Å². The van der Waals surface area contributed by atoms with Gasteiger partial charge in [-0.25, -0.2) is 4.39 Å². The smallest absolute Gasteiger partial charge is 0.150 e. The van der Waals surface area contributed by atoms with Crippen LogP contribution in [0, 0.1) is 5.82 Å². The largest absolute Gasteiger partial charge is 0.505 e. The Morgan fingerprint density at radius 3 is 2.61 bits per heavy atom. The fourth-order valence-corrected chi connectivity index (χ4v) is 2.26. The molecule has 0 saturated carbocycles. The Bertz CT molecular complexity index is 866. The van der Waals surface area contributed by atoms with E-state index in [1.54, 1.807) is 12.3 Å². The van der Waals surface area contributed by atoms with Crippen LogP contribution in [-0.2, 0) is 0 Å². The molecule has 0 radical (unpaired) electrons. The maximum atomic E-state index is 13.1. The second-order valence-corrected chi connectivity index (χ2v) is 5.23. The zero-order valence-electron chi connectivity index (χ0n) is 11.9. The lowest BCUT2D eigenvalue weighted by molar-refractivity contribution is 0.474. The quantitative estimate of drug-likeness (QED) is 0.689. The van der Waals surface area contributed by atoms with E-state index in [0.29, 0.717) is 16.9 Å². The SMILES string of the molecule is Oc1c(/C=N/c2ccc(F)c(Cl)c2)ccnc1-c1ccccc1.